The van der Waals surface area contributed by atoms with Crippen molar-refractivity contribution >= 4 is 11.6 Å². The Balaban J connectivity index is 2.07. The second-order valence-corrected chi connectivity index (χ2v) is 7.09. The Morgan fingerprint density at radius 2 is 1.91 bits per heavy atom. The van der Waals surface area contributed by atoms with Gasteiger partial charge in [0.2, 0.25) is 5.91 Å². The fraction of sp³-hybridized carbons (Fsp3) is 0.368. The Hall–Kier alpha value is -2.36. The summed E-state index contributed by atoms with van der Waals surface area (Å²) in [6, 6.07) is 11.3. The molecule has 0 bridgehead atoms. The molecule has 3 N–H and O–H groups in total. The van der Waals surface area contributed by atoms with Gasteiger partial charge in [0.1, 0.15) is 0 Å². The molecule has 0 fully saturated rings. The van der Waals surface area contributed by atoms with Crippen LogP contribution >= 0.6 is 0 Å². The van der Waals surface area contributed by atoms with Crippen LogP contribution in [-0.4, -0.2) is 10.9 Å². The van der Waals surface area contributed by atoms with Gasteiger partial charge in [-0.2, -0.15) is 0 Å². The van der Waals surface area contributed by atoms with E-state index in [1.54, 1.807) is 6.20 Å². The van der Waals surface area contributed by atoms with E-state index in [2.05, 4.69) is 31.1 Å². The molecule has 1 atom stereocenters. The molecule has 23 heavy (non-hydrogen) atoms. The number of hydrogen-bond donors (Lipinski definition) is 2. The predicted molar refractivity (Wildman–Crippen MR) is 93.8 cm³/mol. The van der Waals surface area contributed by atoms with Crippen LogP contribution in [0, 0.1) is 5.41 Å². The van der Waals surface area contributed by atoms with Crippen LogP contribution in [0.1, 0.15) is 44.4 Å². The summed E-state index contributed by atoms with van der Waals surface area (Å²) in [5.74, 6) is 0.00729. The van der Waals surface area contributed by atoms with Crippen molar-refractivity contribution in [1.29, 1.82) is 0 Å². The molecule has 0 aliphatic rings. The number of nitrogens with zero attached hydrogens (tertiary/aromatic N) is 1. The smallest absolute Gasteiger partial charge is 0.224 e. The van der Waals surface area contributed by atoms with Crippen LogP contribution in [-0.2, 0) is 11.2 Å². The van der Waals surface area contributed by atoms with Crippen LogP contribution in [0.5, 0.6) is 0 Å². The summed E-state index contributed by atoms with van der Waals surface area (Å²) in [5.41, 5.74) is 8.48. The number of rotatable bonds is 5. The van der Waals surface area contributed by atoms with E-state index in [4.69, 9.17) is 5.73 Å². The van der Waals surface area contributed by atoms with Gasteiger partial charge in [0.15, 0.2) is 0 Å². The lowest BCUT2D eigenvalue weighted by Gasteiger charge is -2.27. The van der Waals surface area contributed by atoms with Crippen molar-refractivity contribution in [2.45, 2.75) is 39.7 Å². The van der Waals surface area contributed by atoms with Crippen molar-refractivity contribution in [2.24, 2.45) is 5.41 Å². The summed E-state index contributed by atoms with van der Waals surface area (Å²) in [6.45, 7) is 6.51. The van der Waals surface area contributed by atoms with Crippen LogP contribution < -0.4 is 11.1 Å². The topological polar surface area (TPSA) is 68.0 Å². The zero-order valence-electron chi connectivity index (χ0n) is 14.0. The maximum Gasteiger partial charge on any atom is 0.224 e. The molecule has 0 saturated carbocycles. The molecule has 1 aromatic carbocycles. The van der Waals surface area contributed by atoms with Gasteiger partial charge in [-0.1, -0.05) is 39.0 Å². The number of benzene rings is 1. The molecule has 1 heterocycles. The normalized spacial score (nSPS) is 12.7. The lowest BCUT2D eigenvalue weighted by molar-refractivity contribution is -0.121. The van der Waals surface area contributed by atoms with Gasteiger partial charge in [-0.15, -0.1) is 0 Å². The number of nitrogens with one attached hydrogen (secondary N) is 1. The van der Waals surface area contributed by atoms with Crippen molar-refractivity contribution in [1.82, 2.24) is 10.3 Å². The number of amides is 1. The van der Waals surface area contributed by atoms with Gasteiger partial charge < -0.3 is 11.1 Å². The number of pyridine rings is 1. The average molecular weight is 311 g/mol. The van der Waals surface area contributed by atoms with Gasteiger partial charge >= 0.3 is 0 Å². The number of nitrogens with two attached hydrogens (primary N) is 1. The number of aromatic nitrogens is 1. The molecule has 0 aliphatic carbocycles. The molecule has 1 amide bonds. The second-order valence-electron chi connectivity index (χ2n) is 7.09. The second kappa shape index (κ2) is 7.27. The van der Waals surface area contributed by atoms with E-state index in [0.29, 0.717) is 12.1 Å². The first-order valence-corrected chi connectivity index (χ1v) is 7.87. The lowest BCUT2D eigenvalue weighted by atomic mass is 9.85. The average Bonchev–Trinajstić information content (AvgIpc) is 2.48. The minimum absolute atomic E-state index is 0.00729. The summed E-state index contributed by atoms with van der Waals surface area (Å²) in [4.78, 5) is 16.6. The van der Waals surface area contributed by atoms with Crippen molar-refractivity contribution < 1.29 is 4.79 Å². The molecule has 0 unspecified atom stereocenters. The first-order chi connectivity index (χ1) is 10.8. The number of anilines is 1. The lowest BCUT2D eigenvalue weighted by Crippen LogP contribution is -2.32. The van der Waals surface area contributed by atoms with Crippen molar-refractivity contribution in [3.05, 3.63) is 59.9 Å². The zero-order chi connectivity index (χ0) is 16.9. The Kier molecular flexibility index (Phi) is 5.37. The first-order valence-electron chi connectivity index (χ1n) is 7.87. The maximum atomic E-state index is 12.4. The van der Waals surface area contributed by atoms with Gasteiger partial charge in [0, 0.05) is 18.1 Å². The number of carbonyl (C=O) groups is 1. The van der Waals surface area contributed by atoms with Crippen molar-refractivity contribution in [3.8, 4) is 0 Å². The number of nitrogen functional groups attached to an aromatic ring is 1. The fourth-order valence-electron chi connectivity index (χ4n) is 2.51. The Labute approximate surface area is 138 Å². The molecule has 1 aromatic heterocycles. The molecule has 122 valence electrons. The Bertz CT molecular complexity index is 630. The SMILES string of the molecule is CC(C)(C)C[C@H](NC(=O)Cc1ccc(N)cc1)c1cccnc1. The van der Waals surface area contributed by atoms with Crippen LogP contribution in [0.2, 0.25) is 0 Å². The minimum Gasteiger partial charge on any atom is -0.399 e. The molecule has 2 rings (SSSR count). The van der Waals surface area contributed by atoms with E-state index >= 15 is 0 Å². The molecule has 0 spiro atoms. The maximum absolute atomic E-state index is 12.4. The van der Waals surface area contributed by atoms with E-state index in [1.165, 1.54) is 0 Å². The molecule has 0 saturated heterocycles. The number of carbonyl (C=O) groups excluding carboxylic acids is 1. The van der Waals surface area contributed by atoms with Crippen molar-refractivity contribution in [3.63, 3.8) is 0 Å². The molecule has 4 heteroatoms. The molecule has 0 radical (unpaired) electrons. The van der Waals surface area contributed by atoms with Crippen LogP contribution in [0.4, 0.5) is 5.69 Å². The van der Waals surface area contributed by atoms with E-state index in [0.717, 1.165) is 17.5 Å². The third kappa shape index (κ3) is 5.74. The molecular weight excluding hydrogens is 286 g/mol. The Morgan fingerprint density at radius 3 is 2.48 bits per heavy atom. The molecule has 4 nitrogen and oxygen atoms in total. The highest BCUT2D eigenvalue weighted by Crippen LogP contribution is 2.29. The quantitative estimate of drug-likeness (QED) is 0.830. The monoisotopic (exact) mass is 311 g/mol. The first kappa shape index (κ1) is 17.0. The summed E-state index contributed by atoms with van der Waals surface area (Å²) < 4.78 is 0. The highest BCUT2D eigenvalue weighted by Gasteiger charge is 2.22. The molecule has 2 aromatic rings. The Morgan fingerprint density at radius 1 is 1.22 bits per heavy atom. The summed E-state index contributed by atoms with van der Waals surface area (Å²) >= 11 is 0. The standard InChI is InChI=1S/C19H25N3O/c1-19(2,3)12-17(15-5-4-10-21-13-15)22-18(23)11-14-6-8-16(20)9-7-14/h4-10,13,17H,11-12,20H2,1-3H3,(H,22,23)/t17-/m0/s1. The van der Waals surface area contributed by atoms with Gasteiger partial charge in [-0.3, -0.25) is 9.78 Å². The third-order valence-corrected chi connectivity index (χ3v) is 3.58. The third-order valence-electron chi connectivity index (χ3n) is 3.58. The van der Waals surface area contributed by atoms with E-state index in [1.807, 2.05) is 42.6 Å². The number of hydrogen-bond acceptors (Lipinski definition) is 3. The highest BCUT2D eigenvalue weighted by atomic mass is 16.1. The summed E-state index contributed by atoms with van der Waals surface area (Å²) in [7, 11) is 0. The van der Waals surface area contributed by atoms with Gasteiger partial charge in [-0.25, -0.2) is 0 Å². The van der Waals surface area contributed by atoms with Gasteiger partial charge in [0.05, 0.1) is 12.5 Å². The largest absolute Gasteiger partial charge is 0.399 e. The molecule has 0 aliphatic heterocycles. The van der Waals surface area contributed by atoms with E-state index < -0.39 is 0 Å². The van der Waals surface area contributed by atoms with E-state index in [-0.39, 0.29) is 17.4 Å². The van der Waals surface area contributed by atoms with E-state index in [9.17, 15) is 4.79 Å². The highest BCUT2D eigenvalue weighted by molar-refractivity contribution is 5.79. The predicted octanol–water partition coefficient (Wildman–Crippen LogP) is 3.50. The fourth-order valence-corrected chi connectivity index (χ4v) is 2.51. The van der Waals surface area contributed by atoms with Crippen LogP contribution in [0.3, 0.4) is 0 Å². The van der Waals surface area contributed by atoms with Gasteiger partial charge in [0.25, 0.3) is 0 Å². The van der Waals surface area contributed by atoms with Crippen molar-refractivity contribution in [2.75, 3.05) is 5.73 Å². The van der Waals surface area contributed by atoms with Crippen LogP contribution in [0.15, 0.2) is 48.8 Å². The van der Waals surface area contributed by atoms with Gasteiger partial charge in [-0.05, 0) is 41.2 Å². The minimum atomic E-state index is -0.0371. The zero-order valence-corrected chi connectivity index (χ0v) is 14.0. The summed E-state index contributed by atoms with van der Waals surface area (Å²) in [6.07, 6.45) is 4.76. The molecular formula is C19H25N3O. The summed E-state index contributed by atoms with van der Waals surface area (Å²) in [5, 5.41) is 3.14. The van der Waals surface area contributed by atoms with Crippen LogP contribution in [0.25, 0.3) is 0 Å².